The van der Waals surface area contributed by atoms with Gasteiger partial charge in [0.25, 0.3) is 0 Å². The molecule has 1 unspecified atom stereocenters. The minimum Gasteiger partial charge on any atom is -0.497 e. The standard InChI is InChI=1S/C21H29NO3/c1-14-6-16(8-18(7-14)25-3)15-4-5-21(11-15)12-22(13-21)19(23)17-9-20(2,24)10-17/h6-8,15,17,24H,4-5,9-13H2,1-3H3/t15?,17-,20+. The van der Waals surface area contributed by atoms with Crippen LogP contribution in [0.15, 0.2) is 18.2 Å². The topological polar surface area (TPSA) is 49.8 Å². The van der Waals surface area contributed by atoms with Crippen molar-refractivity contribution in [1.82, 2.24) is 4.90 Å². The molecule has 4 heteroatoms. The Labute approximate surface area is 150 Å². The number of rotatable bonds is 3. The summed E-state index contributed by atoms with van der Waals surface area (Å²) >= 11 is 0. The second-order valence-corrected chi connectivity index (χ2v) is 9.02. The van der Waals surface area contributed by atoms with Crippen LogP contribution in [-0.2, 0) is 4.79 Å². The first-order chi connectivity index (χ1) is 11.8. The van der Waals surface area contributed by atoms with Gasteiger partial charge in [-0.15, -0.1) is 0 Å². The minimum atomic E-state index is -0.619. The fourth-order valence-corrected chi connectivity index (χ4v) is 5.26. The zero-order valence-electron chi connectivity index (χ0n) is 15.5. The highest BCUT2D eigenvalue weighted by Gasteiger charge is 2.53. The van der Waals surface area contributed by atoms with Crippen LogP contribution in [0.4, 0.5) is 0 Å². The van der Waals surface area contributed by atoms with Crippen molar-refractivity contribution in [2.24, 2.45) is 11.3 Å². The molecule has 4 nitrogen and oxygen atoms in total. The van der Waals surface area contributed by atoms with Gasteiger partial charge in [-0.05, 0) is 75.1 Å². The van der Waals surface area contributed by atoms with Crippen LogP contribution in [-0.4, -0.2) is 41.7 Å². The van der Waals surface area contributed by atoms with E-state index in [2.05, 4.69) is 25.1 Å². The lowest BCUT2D eigenvalue weighted by Gasteiger charge is -2.52. The van der Waals surface area contributed by atoms with Crippen molar-refractivity contribution in [2.45, 2.75) is 57.5 Å². The van der Waals surface area contributed by atoms with Crippen LogP contribution in [0.1, 0.15) is 56.1 Å². The summed E-state index contributed by atoms with van der Waals surface area (Å²) in [6, 6.07) is 6.53. The second kappa shape index (κ2) is 5.73. The van der Waals surface area contributed by atoms with E-state index in [1.54, 1.807) is 7.11 Å². The fourth-order valence-electron chi connectivity index (χ4n) is 5.26. The van der Waals surface area contributed by atoms with Crippen molar-refractivity contribution in [3.63, 3.8) is 0 Å². The minimum absolute atomic E-state index is 0.0468. The van der Waals surface area contributed by atoms with E-state index in [1.165, 1.54) is 30.4 Å². The quantitative estimate of drug-likeness (QED) is 0.916. The van der Waals surface area contributed by atoms with E-state index in [4.69, 9.17) is 4.74 Å². The first kappa shape index (κ1) is 16.9. The highest BCUT2D eigenvalue weighted by Crippen LogP contribution is 2.53. The Balaban J connectivity index is 1.36. The molecule has 0 bridgehead atoms. The van der Waals surface area contributed by atoms with Gasteiger partial charge >= 0.3 is 0 Å². The Hall–Kier alpha value is -1.55. The average Bonchev–Trinajstić information content (AvgIpc) is 2.95. The number of amides is 1. The molecule has 1 aromatic rings. The third kappa shape index (κ3) is 3.05. The van der Waals surface area contributed by atoms with E-state index in [9.17, 15) is 9.90 Å². The average molecular weight is 343 g/mol. The second-order valence-electron chi connectivity index (χ2n) is 9.02. The first-order valence-electron chi connectivity index (χ1n) is 9.46. The maximum absolute atomic E-state index is 12.5. The normalized spacial score (nSPS) is 33.0. The molecule has 1 saturated heterocycles. The van der Waals surface area contributed by atoms with E-state index in [-0.39, 0.29) is 11.8 Å². The summed E-state index contributed by atoms with van der Waals surface area (Å²) in [7, 11) is 1.72. The van der Waals surface area contributed by atoms with Gasteiger partial charge < -0.3 is 14.7 Å². The number of hydrogen-bond donors (Lipinski definition) is 1. The summed E-state index contributed by atoms with van der Waals surface area (Å²) in [4.78, 5) is 14.5. The summed E-state index contributed by atoms with van der Waals surface area (Å²) < 4.78 is 5.42. The van der Waals surface area contributed by atoms with Crippen LogP contribution in [0.3, 0.4) is 0 Å². The van der Waals surface area contributed by atoms with E-state index < -0.39 is 5.60 Å². The monoisotopic (exact) mass is 343 g/mol. The Morgan fingerprint density at radius 3 is 2.60 bits per heavy atom. The molecule has 1 spiro atoms. The Bertz CT molecular complexity index is 682. The summed E-state index contributed by atoms with van der Waals surface area (Å²) in [5.74, 6) is 1.83. The lowest BCUT2D eigenvalue weighted by Crippen LogP contribution is -2.61. The number of nitrogens with zero attached hydrogens (tertiary/aromatic N) is 1. The van der Waals surface area contributed by atoms with Crippen LogP contribution >= 0.6 is 0 Å². The number of ether oxygens (including phenoxy) is 1. The predicted octanol–water partition coefficient (Wildman–Crippen LogP) is 3.26. The van der Waals surface area contributed by atoms with Crippen molar-refractivity contribution >= 4 is 5.91 Å². The Morgan fingerprint density at radius 1 is 1.24 bits per heavy atom. The van der Waals surface area contributed by atoms with Crippen LogP contribution in [0.2, 0.25) is 0 Å². The highest BCUT2D eigenvalue weighted by molar-refractivity contribution is 5.81. The third-order valence-electron chi connectivity index (χ3n) is 6.57. The predicted molar refractivity (Wildman–Crippen MR) is 96.7 cm³/mol. The van der Waals surface area contributed by atoms with Gasteiger partial charge in [0.2, 0.25) is 5.91 Å². The van der Waals surface area contributed by atoms with Crippen molar-refractivity contribution in [2.75, 3.05) is 20.2 Å². The molecule has 0 aromatic heterocycles. The smallest absolute Gasteiger partial charge is 0.225 e. The van der Waals surface area contributed by atoms with Gasteiger partial charge in [-0.2, -0.15) is 0 Å². The van der Waals surface area contributed by atoms with Crippen LogP contribution in [0.25, 0.3) is 0 Å². The Kier molecular flexibility index (Phi) is 3.87. The van der Waals surface area contributed by atoms with E-state index in [1.807, 2.05) is 11.8 Å². The van der Waals surface area contributed by atoms with Gasteiger partial charge in [0.05, 0.1) is 12.7 Å². The maximum Gasteiger partial charge on any atom is 0.225 e. The number of aryl methyl sites for hydroxylation is 1. The number of benzene rings is 1. The molecular formula is C21H29NO3. The summed E-state index contributed by atoms with van der Waals surface area (Å²) in [5.41, 5.74) is 2.33. The molecule has 3 fully saturated rings. The summed E-state index contributed by atoms with van der Waals surface area (Å²) in [6.45, 7) is 5.76. The van der Waals surface area contributed by atoms with Gasteiger partial charge in [0.1, 0.15) is 5.75 Å². The lowest BCUT2D eigenvalue weighted by molar-refractivity contribution is -0.161. The number of hydrogen-bond acceptors (Lipinski definition) is 3. The Morgan fingerprint density at radius 2 is 1.96 bits per heavy atom. The highest BCUT2D eigenvalue weighted by atomic mass is 16.5. The van der Waals surface area contributed by atoms with Crippen molar-refractivity contribution in [3.8, 4) is 5.75 Å². The SMILES string of the molecule is COc1cc(C)cc(C2CCC3(C2)CN(C(=O)[C@H]2C[C@@](C)(O)C2)C3)c1. The molecule has 4 rings (SSSR count). The molecule has 2 saturated carbocycles. The van der Waals surface area contributed by atoms with E-state index in [0.717, 1.165) is 18.8 Å². The van der Waals surface area contributed by atoms with E-state index in [0.29, 0.717) is 24.2 Å². The lowest BCUT2D eigenvalue weighted by atomic mass is 9.69. The third-order valence-corrected chi connectivity index (χ3v) is 6.57. The number of carbonyl (C=O) groups is 1. The van der Waals surface area contributed by atoms with Gasteiger partial charge in [-0.25, -0.2) is 0 Å². The van der Waals surface area contributed by atoms with Crippen LogP contribution < -0.4 is 4.74 Å². The zero-order chi connectivity index (χ0) is 17.8. The van der Waals surface area contributed by atoms with Crippen molar-refractivity contribution in [3.05, 3.63) is 29.3 Å². The number of likely N-dealkylation sites (tertiary alicyclic amines) is 1. The molecule has 3 aliphatic rings. The van der Waals surface area contributed by atoms with Crippen LogP contribution in [0.5, 0.6) is 5.75 Å². The number of methoxy groups -OCH3 is 1. The zero-order valence-corrected chi connectivity index (χ0v) is 15.5. The molecule has 0 radical (unpaired) electrons. The van der Waals surface area contributed by atoms with Gasteiger partial charge in [-0.1, -0.05) is 6.07 Å². The molecule has 2 aliphatic carbocycles. The molecule has 1 N–H and O–H groups in total. The molecule has 25 heavy (non-hydrogen) atoms. The van der Waals surface area contributed by atoms with E-state index >= 15 is 0 Å². The molecular weight excluding hydrogens is 314 g/mol. The maximum atomic E-state index is 12.5. The molecule has 1 amide bonds. The summed E-state index contributed by atoms with van der Waals surface area (Å²) in [6.07, 6.45) is 4.83. The van der Waals surface area contributed by atoms with Crippen molar-refractivity contribution < 1.29 is 14.6 Å². The van der Waals surface area contributed by atoms with Crippen LogP contribution in [0, 0.1) is 18.3 Å². The molecule has 136 valence electrons. The van der Waals surface area contributed by atoms with Gasteiger partial charge in [0.15, 0.2) is 0 Å². The molecule has 1 atom stereocenters. The first-order valence-corrected chi connectivity index (χ1v) is 9.46. The number of aliphatic hydroxyl groups is 1. The molecule has 1 aliphatic heterocycles. The largest absolute Gasteiger partial charge is 0.497 e. The molecule has 1 heterocycles. The fraction of sp³-hybridized carbons (Fsp3) is 0.667. The van der Waals surface area contributed by atoms with Gasteiger partial charge in [-0.3, -0.25) is 4.79 Å². The number of carbonyl (C=O) groups excluding carboxylic acids is 1. The van der Waals surface area contributed by atoms with Crippen molar-refractivity contribution in [1.29, 1.82) is 0 Å². The van der Waals surface area contributed by atoms with Gasteiger partial charge in [0, 0.05) is 24.4 Å². The molecule has 1 aromatic carbocycles. The summed E-state index contributed by atoms with van der Waals surface area (Å²) in [5, 5.41) is 9.85.